The van der Waals surface area contributed by atoms with Gasteiger partial charge in [-0.25, -0.2) is 0 Å². The Balaban J connectivity index is 1.65. The number of benzene rings is 2. The molecule has 0 spiro atoms. The van der Waals surface area contributed by atoms with Crippen LogP contribution in [0.2, 0.25) is 0 Å². The molecular formula is C21H18N2O2S. The van der Waals surface area contributed by atoms with Crippen LogP contribution in [0.5, 0.6) is 11.5 Å². The van der Waals surface area contributed by atoms with Crippen molar-refractivity contribution in [3.05, 3.63) is 71.7 Å². The molecule has 4 aromatic rings. The molecule has 4 rings (SSSR count). The zero-order chi connectivity index (χ0) is 17.9. The average molecular weight is 362 g/mol. The number of fused-ring (bicyclic) bond motifs is 1. The van der Waals surface area contributed by atoms with Gasteiger partial charge in [-0.1, -0.05) is 30.3 Å². The molecule has 2 heterocycles. The minimum absolute atomic E-state index is 0.485. The molecule has 2 N–H and O–H groups in total. The van der Waals surface area contributed by atoms with Gasteiger partial charge >= 0.3 is 0 Å². The minimum atomic E-state index is 0.485. The number of anilines is 1. The highest BCUT2D eigenvalue weighted by molar-refractivity contribution is 7.18. The molecule has 26 heavy (non-hydrogen) atoms. The van der Waals surface area contributed by atoms with E-state index in [-0.39, 0.29) is 0 Å². The van der Waals surface area contributed by atoms with Crippen LogP contribution in [-0.2, 0) is 6.61 Å². The third-order valence-corrected chi connectivity index (χ3v) is 5.23. The standard InChI is InChI=1S/C21H18N2O2S/c1-24-15-8-6-14(7-9-15)12-25-19-5-3-2-4-16(19)17-13-26-21-18(22)10-11-23-20(17)21/h2-11,13H,12H2,1H3,(H2,22,23). The lowest BCUT2D eigenvalue weighted by Gasteiger charge is -2.11. The largest absolute Gasteiger partial charge is 0.497 e. The van der Waals surface area contributed by atoms with Crippen LogP contribution in [-0.4, -0.2) is 12.1 Å². The summed E-state index contributed by atoms with van der Waals surface area (Å²) >= 11 is 1.61. The van der Waals surface area contributed by atoms with E-state index in [0.29, 0.717) is 6.61 Å². The van der Waals surface area contributed by atoms with Gasteiger partial charge in [0.05, 0.1) is 23.0 Å². The zero-order valence-corrected chi connectivity index (χ0v) is 15.1. The highest BCUT2D eigenvalue weighted by Crippen LogP contribution is 2.39. The summed E-state index contributed by atoms with van der Waals surface area (Å²) in [6, 6.07) is 17.7. The van der Waals surface area contributed by atoms with Crippen LogP contribution in [0, 0.1) is 0 Å². The number of thiophene rings is 1. The van der Waals surface area contributed by atoms with E-state index >= 15 is 0 Å². The summed E-state index contributed by atoms with van der Waals surface area (Å²) in [6.45, 7) is 0.485. The number of hydrogen-bond acceptors (Lipinski definition) is 5. The van der Waals surface area contributed by atoms with Gasteiger partial charge in [0.1, 0.15) is 18.1 Å². The number of hydrogen-bond donors (Lipinski definition) is 1. The summed E-state index contributed by atoms with van der Waals surface area (Å²) in [4.78, 5) is 4.52. The molecule has 0 amide bonds. The first-order valence-electron chi connectivity index (χ1n) is 8.23. The lowest BCUT2D eigenvalue weighted by atomic mass is 10.1. The molecule has 2 aromatic carbocycles. The van der Waals surface area contributed by atoms with Crippen molar-refractivity contribution in [2.45, 2.75) is 6.61 Å². The number of nitrogens with two attached hydrogens (primary N) is 1. The molecule has 0 aliphatic heterocycles. The SMILES string of the molecule is COc1ccc(COc2ccccc2-c2csc3c(N)ccnc23)cc1. The minimum Gasteiger partial charge on any atom is -0.497 e. The number of rotatable bonds is 5. The average Bonchev–Trinajstić information content (AvgIpc) is 3.12. The Morgan fingerprint density at radius 3 is 2.62 bits per heavy atom. The van der Waals surface area contributed by atoms with Crippen molar-refractivity contribution < 1.29 is 9.47 Å². The number of methoxy groups -OCH3 is 1. The Hall–Kier alpha value is -3.05. The molecule has 0 atom stereocenters. The van der Waals surface area contributed by atoms with Crippen LogP contribution in [0.15, 0.2) is 66.2 Å². The van der Waals surface area contributed by atoms with Gasteiger partial charge in [-0.15, -0.1) is 11.3 Å². The third kappa shape index (κ3) is 3.09. The van der Waals surface area contributed by atoms with Crippen LogP contribution in [0.4, 0.5) is 5.69 Å². The fraction of sp³-hybridized carbons (Fsp3) is 0.0952. The van der Waals surface area contributed by atoms with E-state index < -0.39 is 0 Å². The van der Waals surface area contributed by atoms with Crippen molar-refractivity contribution in [1.82, 2.24) is 4.98 Å². The molecule has 0 aliphatic carbocycles. The van der Waals surface area contributed by atoms with Gasteiger partial charge in [0, 0.05) is 22.7 Å². The topological polar surface area (TPSA) is 57.4 Å². The third-order valence-electron chi connectivity index (χ3n) is 4.22. The fourth-order valence-corrected chi connectivity index (χ4v) is 3.79. The van der Waals surface area contributed by atoms with Crippen LogP contribution < -0.4 is 15.2 Å². The summed E-state index contributed by atoms with van der Waals surface area (Å²) < 4.78 is 12.3. The second-order valence-corrected chi connectivity index (χ2v) is 6.74. The second-order valence-electron chi connectivity index (χ2n) is 5.86. The number of nitrogens with zero attached hydrogens (tertiary/aromatic N) is 1. The Morgan fingerprint density at radius 1 is 1.00 bits per heavy atom. The molecule has 0 saturated carbocycles. The van der Waals surface area contributed by atoms with E-state index in [2.05, 4.69) is 16.4 Å². The van der Waals surface area contributed by atoms with Gasteiger partial charge < -0.3 is 15.2 Å². The van der Waals surface area contributed by atoms with E-state index in [4.69, 9.17) is 15.2 Å². The first-order valence-corrected chi connectivity index (χ1v) is 9.11. The van der Waals surface area contributed by atoms with Crippen molar-refractivity contribution in [2.75, 3.05) is 12.8 Å². The maximum atomic E-state index is 6.10. The summed E-state index contributed by atoms with van der Waals surface area (Å²) in [6.07, 6.45) is 1.74. The molecule has 0 unspecified atom stereocenters. The van der Waals surface area contributed by atoms with Gasteiger partial charge in [0.2, 0.25) is 0 Å². The first kappa shape index (κ1) is 16.4. The maximum absolute atomic E-state index is 6.10. The highest BCUT2D eigenvalue weighted by atomic mass is 32.1. The first-order chi connectivity index (χ1) is 12.8. The quantitative estimate of drug-likeness (QED) is 0.534. The Kier molecular flexibility index (Phi) is 4.46. The van der Waals surface area contributed by atoms with Crippen molar-refractivity contribution in [3.8, 4) is 22.6 Å². The predicted octanol–water partition coefficient (Wildman–Crippen LogP) is 5.13. The number of nitrogen functional groups attached to an aromatic ring is 1. The Bertz CT molecular complexity index is 1040. The van der Waals surface area contributed by atoms with Crippen molar-refractivity contribution in [1.29, 1.82) is 0 Å². The Morgan fingerprint density at radius 2 is 1.81 bits per heavy atom. The van der Waals surface area contributed by atoms with Gasteiger partial charge in [-0.3, -0.25) is 4.98 Å². The van der Waals surface area contributed by atoms with Crippen molar-refractivity contribution in [2.24, 2.45) is 0 Å². The molecular weight excluding hydrogens is 344 g/mol. The van der Waals surface area contributed by atoms with Gasteiger partial charge in [-0.05, 0) is 29.8 Å². The maximum Gasteiger partial charge on any atom is 0.127 e. The summed E-state index contributed by atoms with van der Waals surface area (Å²) in [5.74, 6) is 1.66. The highest BCUT2D eigenvalue weighted by Gasteiger charge is 2.13. The van der Waals surface area contributed by atoms with Gasteiger partial charge in [-0.2, -0.15) is 0 Å². The molecule has 5 heteroatoms. The van der Waals surface area contributed by atoms with Crippen LogP contribution in [0.1, 0.15) is 5.56 Å². The fourth-order valence-electron chi connectivity index (χ4n) is 2.84. The Labute approximate surface area is 155 Å². The van der Waals surface area contributed by atoms with Gasteiger partial charge in [0.15, 0.2) is 0 Å². The van der Waals surface area contributed by atoms with E-state index in [9.17, 15) is 0 Å². The summed E-state index contributed by atoms with van der Waals surface area (Å²) in [5, 5.41) is 2.09. The van der Waals surface area contributed by atoms with Crippen LogP contribution in [0.25, 0.3) is 21.3 Å². The molecule has 0 aliphatic rings. The number of para-hydroxylation sites is 1. The smallest absolute Gasteiger partial charge is 0.127 e. The van der Waals surface area contributed by atoms with E-state index in [1.54, 1.807) is 24.6 Å². The molecule has 4 nitrogen and oxygen atoms in total. The van der Waals surface area contributed by atoms with Crippen molar-refractivity contribution in [3.63, 3.8) is 0 Å². The molecule has 0 saturated heterocycles. The van der Waals surface area contributed by atoms with Crippen LogP contribution in [0.3, 0.4) is 0 Å². The summed E-state index contributed by atoms with van der Waals surface area (Å²) in [5.41, 5.74) is 10.9. The van der Waals surface area contributed by atoms with E-state index in [1.807, 2.05) is 48.5 Å². The van der Waals surface area contributed by atoms with E-state index in [1.165, 1.54) is 0 Å². The van der Waals surface area contributed by atoms with Crippen molar-refractivity contribution >= 4 is 27.2 Å². The lowest BCUT2D eigenvalue weighted by molar-refractivity contribution is 0.307. The normalized spacial score (nSPS) is 10.8. The predicted molar refractivity (Wildman–Crippen MR) is 107 cm³/mol. The number of aromatic nitrogens is 1. The van der Waals surface area contributed by atoms with Crippen LogP contribution >= 0.6 is 11.3 Å². The summed E-state index contributed by atoms with van der Waals surface area (Å²) in [7, 11) is 1.66. The van der Waals surface area contributed by atoms with E-state index in [0.717, 1.165) is 44.1 Å². The monoisotopic (exact) mass is 362 g/mol. The molecule has 0 bridgehead atoms. The molecule has 0 radical (unpaired) electrons. The zero-order valence-electron chi connectivity index (χ0n) is 14.3. The molecule has 0 fully saturated rings. The molecule has 130 valence electrons. The molecule has 2 aromatic heterocycles. The second kappa shape index (κ2) is 7.06. The number of pyridine rings is 1. The lowest BCUT2D eigenvalue weighted by Crippen LogP contribution is -1.97. The van der Waals surface area contributed by atoms with Gasteiger partial charge in [0.25, 0.3) is 0 Å². The number of ether oxygens (including phenoxy) is 2.